The Labute approximate surface area is 121 Å². The fourth-order valence-corrected chi connectivity index (χ4v) is 2.94. The van der Waals surface area contributed by atoms with E-state index in [0.29, 0.717) is 6.04 Å². The van der Waals surface area contributed by atoms with Crippen LogP contribution in [0.5, 0.6) is 0 Å². The van der Waals surface area contributed by atoms with Gasteiger partial charge in [0, 0.05) is 34.3 Å². The van der Waals surface area contributed by atoms with Crippen molar-refractivity contribution in [3.8, 4) is 0 Å². The summed E-state index contributed by atoms with van der Waals surface area (Å²) in [6, 6.07) is 6.47. The Kier molecular flexibility index (Phi) is 3.33. The number of aromatic nitrogens is 1. The van der Waals surface area contributed by atoms with Crippen LogP contribution < -0.4 is 11.1 Å². The van der Waals surface area contributed by atoms with Crippen LogP contribution in [0.25, 0.3) is 10.9 Å². The number of fused-ring (bicyclic) bond motifs is 1. The Balaban J connectivity index is 1.97. The van der Waals surface area contributed by atoms with Crippen LogP contribution in [-0.4, -0.2) is 36.1 Å². The second-order valence-electron chi connectivity index (χ2n) is 5.14. The molecule has 1 atom stereocenters. The van der Waals surface area contributed by atoms with Gasteiger partial charge in [-0.15, -0.1) is 0 Å². The number of nitrogen functional groups attached to an aromatic ring is 1. The number of rotatable bonds is 2. The maximum absolute atomic E-state index is 6.03. The molecule has 2 heterocycles. The zero-order valence-corrected chi connectivity index (χ0v) is 12.4. The van der Waals surface area contributed by atoms with E-state index in [0.717, 1.165) is 39.8 Å². The standard InChI is InChI=1S/C14H17BrN4/c1-19-5-4-10(8-19)18-13-3-2-12(16)11-6-9(15)7-17-14(11)13/h2-3,6-7,10,18H,4-5,8,16H2,1H3. The lowest BCUT2D eigenvalue weighted by atomic mass is 10.1. The van der Waals surface area contributed by atoms with Crippen molar-refractivity contribution >= 4 is 38.2 Å². The van der Waals surface area contributed by atoms with E-state index in [1.165, 1.54) is 6.42 Å². The molecule has 1 aliphatic heterocycles. The molecule has 1 aromatic heterocycles. The number of benzene rings is 1. The van der Waals surface area contributed by atoms with Gasteiger partial charge in [0.2, 0.25) is 0 Å². The summed E-state index contributed by atoms with van der Waals surface area (Å²) in [5.41, 5.74) is 8.80. The van der Waals surface area contributed by atoms with Gasteiger partial charge in [0.25, 0.3) is 0 Å². The highest BCUT2D eigenvalue weighted by Gasteiger charge is 2.20. The van der Waals surface area contributed by atoms with Gasteiger partial charge in [0.05, 0.1) is 11.2 Å². The minimum Gasteiger partial charge on any atom is -0.398 e. The molecule has 4 nitrogen and oxygen atoms in total. The fourth-order valence-electron chi connectivity index (χ4n) is 2.60. The number of nitrogens with one attached hydrogen (secondary N) is 1. The van der Waals surface area contributed by atoms with Crippen molar-refractivity contribution in [2.24, 2.45) is 0 Å². The van der Waals surface area contributed by atoms with E-state index in [2.05, 4.69) is 38.2 Å². The lowest BCUT2D eigenvalue weighted by Crippen LogP contribution is -2.23. The minimum absolute atomic E-state index is 0.488. The van der Waals surface area contributed by atoms with Crippen molar-refractivity contribution < 1.29 is 0 Å². The number of pyridine rings is 1. The molecule has 1 unspecified atom stereocenters. The molecule has 5 heteroatoms. The monoisotopic (exact) mass is 320 g/mol. The molecular formula is C14H17BrN4. The van der Waals surface area contributed by atoms with E-state index >= 15 is 0 Å². The highest BCUT2D eigenvalue weighted by molar-refractivity contribution is 9.10. The average molecular weight is 321 g/mol. The van der Waals surface area contributed by atoms with E-state index < -0.39 is 0 Å². The van der Waals surface area contributed by atoms with Crippen molar-refractivity contribution in [3.63, 3.8) is 0 Å². The molecule has 0 amide bonds. The van der Waals surface area contributed by atoms with Crippen molar-refractivity contribution in [1.82, 2.24) is 9.88 Å². The molecule has 1 fully saturated rings. The van der Waals surface area contributed by atoms with Crippen LogP contribution in [0, 0.1) is 0 Å². The highest BCUT2D eigenvalue weighted by atomic mass is 79.9. The first kappa shape index (κ1) is 12.7. The van der Waals surface area contributed by atoms with Crippen LogP contribution in [0.15, 0.2) is 28.9 Å². The molecular weight excluding hydrogens is 304 g/mol. The first-order valence-electron chi connectivity index (χ1n) is 6.42. The summed E-state index contributed by atoms with van der Waals surface area (Å²) in [6.45, 7) is 2.21. The van der Waals surface area contributed by atoms with Crippen molar-refractivity contribution in [3.05, 3.63) is 28.9 Å². The van der Waals surface area contributed by atoms with Crippen molar-refractivity contribution in [2.75, 3.05) is 31.2 Å². The maximum Gasteiger partial charge on any atom is 0.0954 e. The van der Waals surface area contributed by atoms with Crippen LogP contribution in [0.2, 0.25) is 0 Å². The first-order valence-corrected chi connectivity index (χ1v) is 7.21. The summed E-state index contributed by atoms with van der Waals surface area (Å²) >= 11 is 3.44. The number of likely N-dealkylation sites (tertiary alicyclic amines) is 1. The Hall–Kier alpha value is -1.33. The van der Waals surface area contributed by atoms with Crippen LogP contribution in [0.4, 0.5) is 11.4 Å². The van der Waals surface area contributed by atoms with Crippen LogP contribution in [-0.2, 0) is 0 Å². The average Bonchev–Trinajstić information content (AvgIpc) is 2.79. The SMILES string of the molecule is CN1CCC(Nc2ccc(N)c3cc(Br)cnc23)C1. The van der Waals surface area contributed by atoms with Crippen molar-refractivity contribution in [2.45, 2.75) is 12.5 Å². The third-order valence-electron chi connectivity index (χ3n) is 3.60. The Bertz CT molecular complexity index is 614. The molecule has 0 radical (unpaired) electrons. The van der Waals surface area contributed by atoms with Gasteiger partial charge in [-0.2, -0.15) is 0 Å². The van der Waals surface area contributed by atoms with Gasteiger partial charge >= 0.3 is 0 Å². The van der Waals surface area contributed by atoms with Gasteiger partial charge in [-0.05, 0) is 54.1 Å². The molecule has 100 valence electrons. The summed E-state index contributed by atoms with van der Waals surface area (Å²) in [4.78, 5) is 6.83. The number of anilines is 2. The van der Waals surface area contributed by atoms with E-state index in [1.54, 1.807) is 0 Å². The van der Waals surface area contributed by atoms with E-state index in [-0.39, 0.29) is 0 Å². The van der Waals surface area contributed by atoms with Crippen LogP contribution in [0.1, 0.15) is 6.42 Å². The Morgan fingerprint density at radius 2 is 2.32 bits per heavy atom. The Morgan fingerprint density at radius 1 is 1.47 bits per heavy atom. The van der Waals surface area contributed by atoms with Crippen molar-refractivity contribution in [1.29, 1.82) is 0 Å². The van der Waals surface area contributed by atoms with E-state index in [4.69, 9.17) is 5.73 Å². The summed E-state index contributed by atoms with van der Waals surface area (Å²) in [5, 5.41) is 4.58. The summed E-state index contributed by atoms with van der Waals surface area (Å²) in [5.74, 6) is 0. The van der Waals surface area contributed by atoms with Gasteiger partial charge in [-0.3, -0.25) is 4.98 Å². The van der Waals surface area contributed by atoms with Gasteiger partial charge in [-0.1, -0.05) is 0 Å². The predicted molar refractivity (Wildman–Crippen MR) is 83.4 cm³/mol. The topological polar surface area (TPSA) is 54.2 Å². The van der Waals surface area contributed by atoms with E-state index in [1.807, 2.05) is 24.4 Å². The van der Waals surface area contributed by atoms with Gasteiger partial charge in [0.1, 0.15) is 0 Å². The molecule has 3 rings (SSSR count). The number of halogens is 1. The maximum atomic E-state index is 6.03. The predicted octanol–water partition coefficient (Wildman–Crippen LogP) is 2.70. The van der Waals surface area contributed by atoms with Gasteiger partial charge in [0.15, 0.2) is 0 Å². The van der Waals surface area contributed by atoms with E-state index in [9.17, 15) is 0 Å². The Morgan fingerprint density at radius 3 is 3.05 bits per heavy atom. The number of hydrogen-bond acceptors (Lipinski definition) is 4. The number of nitrogens with zero attached hydrogens (tertiary/aromatic N) is 2. The molecule has 0 aliphatic carbocycles. The lowest BCUT2D eigenvalue weighted by Gasteiger charge is -2.16. The quantitative estimate of drug-likeness (QED) is 0.835. The summed E-state index contributed by atoms with van der Waals surface area (Å²) in [7, 11) is 2.15. The molecule has 1 aromatic carbocycles. The summed E-state index contributed by atoms with van der Waals surface area (Å²) in [6.07, 6.45) is 2.98. The molecule has 2 aromatic rings. The minimum atomic E-state index is 0.488. The van der Waals surface area contributed by atoms with Crippen LogP contribution in [0.3, 0.4) is 0 Å². The number of likely N-dealkylation sites (N-methyl/N-ethyl adjacent to an activating group) is 1. The zero-order valence-electron chi connectivity index (χ0n) is 10.9. The third kappa shape index (κ3) is 2.53. The fraction of sp³-hybridized carbons (Fsp3) is 0.357. The third-order valence-corrected chi connectivity index (χ3v) is 4.03. The highest BCUT2D eigenvalue weighted by Crippen LogP contribution is 2.29. The molecule has 0 saturated carbocycles. The molecule has 0 spiro atoms. The second-order valence-corrected chi connectivity index (χ2v) is 6.06. The normalized spacial score (nSPS) is 20.0. The van der Waals surface area contributed by atoms with Crippen LogP contribution >= 0.6 is 15.9 Å². The molecule has 1 saturated heterocycles. The number of nitrogens with two attached hydrogens (primary N) is 1. The summed E-state index contributed by atoms with van der Waals surface area (Å²) < 4.78 is 0.949. The zero-order chi connectivity index (χ0) is 13.4. The molecule has 19 heavy (non-hydrogen) atoms. The number of hydrogen-bond donors (Lipinski definition) is 2. The molecule has 3 N–H and O–H groups in total. The second kappa shape index (κ2) is 4.98. The van der Waals surface area contributed by atoms with Gasteiger partial charge in [-0.25, -0.2) is 0 Å². The largest absolute Gasteiger partial charge is 0.398 e. The first-order chi connectivity index (χ1) is 9.13. The van der Waals surface area contributed by atoms with Gasteiger partial charge < -0.3 is 16.0 Å². The lowest BCUT2D eigenvalue weighted by molar-refractivity contribution is 0.414. The molecule has 1 aliphatic rings. The smallest absolute Gasteiger partial charge is 0.0954 e. The molecule has 0 bridgehead atoms.